The van der Waals surface area contributed by atoms with E-state index >= 15 is 0 Å². The van der Waals surface area contributed by atoms with E-state index in [0.717, 1.165) is 12.1 Å². The summed E-state index contributed by atoms with van der Waals surface area (Å²) in [6.07, 6.45) is -10.7. The normalized spacial score (nSPS) is 33.2. The fourth-order valence-corrected chi connectivity index (χ4v) is 3.66. The molecule has 31 heavy (non-hydrogen) atoms. The van der Waals surface area contributed by atoms with Crippen LogP contribution < -0.4 is 10.2 Å². The Bertz CT molecular complexity index is 817. The largest absolute Gasteiger partial charge is 0.494 e. The molecule has 174 valence electrons. The quantitative estimate of drug-likeness (QED) is 0.308. The van der Waals surface area contributed by atoms with Gasteiger partial charge >= 0.3 is 13.3 Å². The van der Waals surface area contributed by atoms with E-state index in [4.69, 9.17) is 14.0 Å². The number of alkyl halides is 3. The number of rotatable bonds is 5. The molecule has 1 aromatic carbocycles. The Hall–Kier alpha value is -1.41. The summed E-state index contributed by atoms with van der Waals surface area (Å²) in [5.41, 5.74) is -5.30. The van der Waals surface area contributed by atoms with Gasteiger partial charge in [0.05, 0.1) is 29.5 Å². The molecule has 5 N–H and O–H groups in total. The maximum Gasteiger partial charge on any atom is 0.494 e. The summed E-state index contributed by atoms with van der Waals surface area (Å²) < 4.78 is 57.6. The van der Waals surface area contributed by atoms with Crippen LogP contribution in [0.1, 0.15) is 33.3 Å². The van der Waals surface area contributed by atoms with Crippen molar-refractivity contribution < 1.29 is 52.7 Å². The van der Waals surface area contributed by atoms with Gasteiger partial charge < -0.3 is 39.6 Å². The second-order valence-corrected chi connectivity index (χ2v) is 8.92. The lowest BCUT2D eigenvalue weighted by molar-refractivity contribution is -0.332. The Kier molecular flexibility index (Phi) is 5.93. The molecule has 1 heterocycles. The summed E-state index contributed by atoms with van der Waals surface area (Å²) in [4.78, 5) is 0. The molecule has 1 saturated carbocycles. The molecule has 0 bridgehead atoms. The average Bonchev–Trinajstić information content (AvgIpc) is 2.88. The van der Waals surface area contributed by atoms with Crippen LogP contribution in [0.25, 0.3) is 0 Å². The Morgan fingerprint density at radius 1 is 1.13 bits per heavy atom. The molecular weight excluding hydrogens is 424 g/mol. The van der Waals surface area contributed by atoms with Crippen LogP contribution >= 0.6 is 0 Å². The predicted octanol–water partition coefficient (Wildman–Crippen LogP) is -0.223. The van der Waals surface area contributed by atoms with Crippen molar-refractivity contribution in [3.63, 3.8) is 0 Å². The number of hydrogen-bond donors (Lipinski definition) is 5. The molecule has 2 aliphatic rings. The first kappa shape index (κ1) is 24.2. The van der Waals surface area contributed by atoms with E-state index in [1.165, 1.54) is 6.07 Å². The summed E-state index contributed by atoms with van der Waals surface area (Å²) in [5.74, 6) is -2.23. The van der Waals surface area contributed by atoms with Gasteiger partial charge in [0.15, 0.2) is 5.60 Å². The van der Waals surface area contributed by atoms with Gasteiger partial charge in [-0.3, -0.25) is 0 Å². The van der Waals surface area contributed by atoms with Gasteiger partial charge in [-0.1, -0.05) is 6.07 Å². The molecule has 0 amide bonds. The van der Waals surface area contributed by atoms with Crippen molar-refractivity contribution >= 4 is 12.6 Å². The highest BCUT2D eigenvalue weighted by molar-refractivity contribution is 6.62. The first-order chi connectivity index (χ1) is 14.1. The fraction of sp³-hybridized carbons (Fsp3) is 0.684. The lowest BCUT2D eigenvalue weighted by Crippen LogP contribution is -2.76. The Labute approximate surface area is 177 Å². The van der Waals surface area contributed by atoms with Gasteiger partial charge in [-0.15, -0.1) is 0 Å². The molecule has 1 aliphatic carbocycles. The van der Waals surface area contributed by atoms with Gasteiger partial charge in [-0.05, 0) is 45.3 Å². The van der Waals surface area contributed by atoms with Crippen LogP contribution in [0.3, 0.4) is 0 Å². The first-order valence-corrected chi connectivity index (χ1v) is 9.67. The Morgan fingerprint density at radius 3 is 2.16 bits per heavy atom. The van der Waals surface area contributed by atoms with Crippen LogP contribution in [0.4, 0.5) is 13.2 Å². The summed E-state index contributed by atoms with van der Waals surface area (Å²) in [7, 11) is -1.07. The zero-order valence-corrected chi connectivity index (χ0v) is 17.4. The van der Waals surface area contributed by atoms with Crippen LogP contribution in [0.2, 0.25) is 0 Å². The van der Waals surface area contributed by atoms with E-state index in [-0.39, 0.29) is 5.46 Å². The molecule has 5 unspecified atom stereocenters. The minimum Gasteiger partial charge on any atom is -0.461 e. The first-order valence-electron chi connectivity index (χ1n) is 9.67. The summed E-state index contributed by atoms with van der Waals surface area (Å²) >= 11 is 0. The van der Waals surface area contributed by atoms with Crippen molar-refractivity contribution in [3.8, 4) is 5.75 Å². The molecule has 1 saturated heterocycles. The zero-order chi connectivity index (χ0) is 23.6. The van der Waals surface area contributed by atoms with Crippen LogP contribution in [0, 0.1) is 5.92 Å². The average molecular weight is 450 g/mol. The SMILES string of the molecule is CC1(C)OB(c2ccc(OC(O)C3(O)C(O)C(O)C3CO)c(C(F)(F)F)c2)OC1(C)C. The monoisotopic (exact) mass is 450 g/mol. The number of benzene rings is 1. The molecule has 0 aromatic heterocycles. The zero-order valence-electron chi connectivity index (χ0n) is 17.4. The highest BCUT2D eigenvalue weighted by atomic mass is 19.4. The van der Waals surface area contributed by atoms with E-state index in [9.17, 15) is 38.7 Å². The molecule has 2 fully saturated rings. The lowest BCUT2D eigenvalue weighted by atomic mass is 9.64. The number of halogens is 3. The maximum absolute atomic E-state index is 13.7. The smallest absolute Gasteiger partial charge is 0.461 e. The summed E-state index contributed by atoms with van der Waals surface area (Å²) in [6, 6.07) is 2.95. The van der Waals surface area contributed by atoms with Crippen LogP contribution in [-0.4, -0.2) is 74.6 Å². The van der Waals surface area contributed by atoms with Crippen molar-refractivity contribution in [2.24, 2.45) is 5.92 Å². The van der Waals surface area contributed by atoms with Crippen molar-refractivity contribution in [1.29, 1.82) is 0 Å². The van der Waals surface area contributed by atoms with Crippen LogP contribution in [-0.2, 0) is 15.5 Å². The minimum absolute atomic E-state index is 0.0684. The number of aliphatic hydroxyl groups excluding tert-OH is 4. The molecule has 3 rings (SSSR count). The second kappa shape index (κ2) is 7.58. The lowest BCUT2D eigenvalue weighted by Gasteiger charge is -2.53. The van der Waals surface area contributed by atoms with Crippen molar-refractivity contribution in [2.75, 3.05) is 6.61 Å². The Balaban J connectivity index is 1.90. The number of aliphatic hydroxyl groups is 5. The van der Waals surface area contributed by atoms with Gasteiger partial charge in [0.2, 0.25) is 6.29 Å². The van der Waals surface area contributed by atoms with E-state index in [1.807, 2.05) is 0 Å². The molecule has 0 spiro atoms. The van der Waals surface area contributed by atoms with Gasteiger partial charge in [0.25, 0.3) is 0 Å². The number of hydrogen-bond acceptors (Lipinski definition) is 8. The van der Waals surface area contributed by atoms with E-state index < -0.39 is 72.4 Å². The topological polar surface area (TPSA) is 129 Å². The van der Waals surface area contributed by atoms with Crippen LogP contribution in [0.5, 0.6) is 5.75 Å². The van der Waals surface area contributed by atoms with E-state index in [0.29, 0.717) is 0 Å². The van der Waals surface area contributed by atoms with Gasteiger partial charge in [0.1, 0.15) is 11.9 Å². The summed E-state index contributed by atoms with van der Waals surface area (Å²) in [6.45, 7) is 6.18. The molecule has 5 atom stereocenters. The summed E-state index contributed by atoms with van der Waals surface area (Å²) in [5, 5.41) is 49.3. The van der Waals surface area contributed by atoms with Crippen molar-refractivity contribution in [3.05, 3.63) is 23.8 Å². The van der Waals surface area contributed by atoms with Gasteiger partial charge in [-0.2, -0.15) is 13.2 Å². The molecular formula is C19H26BF3O8. The molecule has 0 radical (unpaired) electrons. The highest BCUT2D eigenvalue weighted by Gasteiger charge is 2.65. The highest BCUT2D eigenvalue weighted by Crippen LogP contribution is 2.44. The molecule has 8 nitrogen and oxygen atoms in total. The standard InChI is InChI=1S/C19H26BF3O8/c1-16(2)17(3,4)31-20(30-16)9-5-6-12(10(7-9)19(21,22)23)29-15(27)18(28)11(8-24)13(25)14(18)26/h5-7,11,13-15,24-28H,8H2,1-4H3. The van der Waals surface area contributed by atoms with Gasteiger partial charge in [0, 0.05) is 5.92 Å². The van der Waals surface area contributed by atoms with Crippen molar-refractivity contribution in [2.45, 2.75) is 69.2 Å². The molecule has 12 heteroatoms. The minimum atomic E-state index is -4.90. The fourth-order valence-electron chi connectivity index (χ4n) is 3.66. The maximum atomic E-state index is 13.7. The second-order valence-electron chi connectivity index (χ2n) is 8.92. The third kappa shape index (κ3) is 3.84. The molecule has 1 aromatic rings. The Morgan fingerprint density at radius 2 is 1.68 bits per heavy atom. The van der Waals surface area contributed by atoms with Gasteiger partial charge in [-0.25, -0.2) is 0 Å². The van der Waals surface area contributed by atoms with Crippen LogP contribution in [0.15, 0.2) is 18.2 Å². The molecule has 1 aliphatic heterocycles. The van der Waals surface area contributed by atoms with Crippen molar-refractivity contribution in [1.82, 2.24) is 0 Å². The third-order valence-electron chi connectivity index (χ3n) is 6.47. The third-order valence-corrected chi connectivity index (χ3v) is 6.47. The number of ether oxygens (including phenoxy) is 1. The predicted molar refractivity (Wildman–Crippen MR) is 101 cm³/mol. The van der Waals surface area contributed by atoms with E-state index in [2.05, 4.69) is 0 Å². The van der Waals surface area contributed by atoms with E-state index in [1.54, 1.807) is 27.7 Å².